The van der Waals surface area contributed by atoms with Crippen LogP contribution in [0.25, 0.3) is 28.2 Å². The molecule has 0 spiro atoms. The molecular weight excluding hydrogens is 374 g/mol. The summed E-state index contributed by atoms with van der Waals surface area (Å²) in [6.45, 7) is 2.06. The highest BCUT2D eigenvalue weighted by Crippen LogP contribution is 2.37. The first-order valence-electron chi connectivity index (χ1n) is 9.73. The average molecular weight is 397 g/mol. The van der Waals surface area contributed by atoms with E-state index in [1.165, 1.54) is 12.7 Å². The summed E-state index contributed by atoms with van der Waals surface area (Å²) in [6, 6.07) is 27.9. The van der Waals surface area contributed by atoms with Gasteiger partial charge in [-0.15, -0.1) is 0 Å². The van der Waals surface area contributed by atoms with Crippen molar-refractivity contribution in [3.63, 3.8) is 0 Å². The van der Waals surface area contributed by atoms with E-state index in [1.54, 1.807) is 7.11 Å². The summed E-state index contributed by atoms with van der Waals surface area (Å²) in [6.07, 6.45) is 0. The minimum absolute atomic E-state index is 0.371. The fourth-order valence-corrected chi connectivity index (χ4v) is 3.59. The predicted octanol–water partition coefficient (Wildman–Crippen LogP) is 5.91. The molecule has 0 aliphatic rings. The molecule has 0 saturated heterocycles. The van der Waals surface area contributed by atoms with Crippen molar-refractivity contribution in [3.8, 4) is 34.0 Å². The van der Waals surface area contributed by atoms with Gasteiger partial charge in [0.1, 0.15) is 5.75 Å². The topological polar surface area (TPSA) is 40.5 Å². The number of esters is 1. The zero-order chi connectivity index (χ0) is 21.1. The number of benzene rings is 3. The second-order valence-electron chi connectivity index (χ2n) is 7.05. The zero-order valence-corrected chi connectivity index (χ0v) is 17.3. The van der Waals surface area contributed by atoms with Crippen molar-refractivity contribution in [2.24, 2.45) is 0 Å². The lowest BCUT2D eigenvalue weighted by Gasteiger charge is -2.15. The number of carbonyl (C=O) groups is 1. The Morgan fingerprint density at radius 3 is 2.07 bits per heavy atom. The molecule has 0 atom stereocenters. The quantitative estimate of drug-likeness (QED) is 0.393. The summed E-state index contributed by atoms with van der Waals surface area (Å²) in [5, 5.41) is 0. The molecule has 0 fully saturated rings. The molecule has 0 saturated carbocycles. The van der Waals surface area contributed by atoms with E-state index >= 15 is 0 Å². The summed E-state index contributed by atoms with van der Waals surface area (Å²) in [4.78, 5) is 12.8. The lowest BCUT2D eigenvalue weighted by atomic mass is 10.1. The summed E-state index contributed by atoms with van der Waals surface area (Å²) >= 11 is 0. The largest absolute Gasteiger partial charge is 0.497 e. The maximum Gasteiger partial charge on any atom is 0.340 e. The smallest absolute Gasteiger partial charge is 0.340 e. The lowest BCUT2D eigenvalue weighted by molar-refractivity contribution is 0.0602. The molecule has 4 rings (SSSR count). The summed E-state index contributed by atoms with van der Waals surface area (Å²) in [5.41, 5.74) is 6.29. The Hall–Kier alpha value is -3.79. The van der Waals surface area contributed by atoms with Crippen LogP contribution in [0.5, 0.6) is 5.75 Å². The maximum absolute atomic E-state index is 12.8. The van der Waals surface area contributed by atoms with E-state index in [-0.39, 0.29) is 5.97 Å². The third-order valence-electron chi connectivity index (χ3n) is 5.13. The van der Waals surface area contributed by atoms with Gasteiger partial charge < -0.3 is 14.0 Å². The van der Waals surface area contributed by atoms with E-state index in [0.717, 1.165) is 34.0 Å². The van der Waals surface area contributed by atoms with Crippen LogP contribution in [0.4, 0.5) is 0 Å². The molecule has 1 aromatic heterocycles. The van der Waals surface area contributed by atoms with Gasteiger partial charge in [0.25, 0.3) is 0 Å². The molecule has 4 heteroatoms. The van der Waals surface area contributed by atoms with E-state index in [1.807, 2.05) is 60.7 Å². The number of aryl methyl sites for hydroxylation is 1. The SMILES string of the molecule is COC(=O)c1cc(-c2ccccc2)n(-c2ccc(C)cc2)c1-c1ccc(OC)cc1. The van der Waals surface area contributed by atoms with Crippen molar-refractivity contribution >= 4 is 5.97 Å². The number of rotatable bonds is 5. The Balaban J connectivity index is 2.05. The highest BCUT2D eigenvalue weighted by atomic mass is 16.5. The van der Waals surface area contributed by atoms with Crippen molar-refractivity contribution < 1.29 is 14.3 Å². The third kappa shape index (κ3) is 3.60. The second kappa shape index (κ2) is 8.29. The van der Waals surface area contributed by atoms with E-state index in [0.29, 0.717) is 5.56 Å². The molecule has 150 valence electrons. The van der Waals surface area contributed by atoms with Crippen molar-refractivity contribution in [1.82, 2.24) is 4.57 Å². The summed E-state index contributed by atoms with van der Waals surface area (Å²) in [5.74, 6) is 0.388. The van der Waals surface area contributed by atoms with Gasteiger partial charge in [-0.25, -0.2) is 4.79 Å². The number of nitrogens with zero attached hydrogens (tertiary/aromatic N) is 1. The average Bonchev–Trinajstić information content (AvgIpc) is 3.20. The van der Waals surface area contributed by atoms with Crippen LogP contribution < -0.4 is 4.74 Å². The molecule has 0 unspecified atom stereocenters. The van der Waals surface area contributed by atoms with Gasteiger partial charge in [-0.3, -0.25) is 0 Å². The highest BCUT2D eigenvalue weighted by Gasteiger charge is 2.24. The van der Waals surface area contributed by atoms with E-state index in [2.05, 4.69) is 35.8 Å². The molecule has 0 bridgehead atoms. The van der Waals surface area contributed by atoms with Crippen molar-refractivity contribution in [3.05, 3.63) is 96.1 Å². The van der Waals surface area contributed by atoms with E-state index in [4.69, 9.17) is 9.47 Å². The highest BCUT2D eigenvalue weighted by molar-refractivity contribution is 5.99. The van der Waals surface area contributed by atoms with Gasteiger partial charge in [0.2, 0.25) is 0 Å². The fraction of sp³-hybridized carbons (Fsp3) is 0.115. The second-order valence-corrected chi connectivity index (χ2v) is 7.05. The van der Waals surface area contributed by atoms with Crippen LogP contribution in [0.2, 0.25) is 0 Å². The molecule has 3 aromatic carbocycles. The Morgan fingerprint density at radius 2 is 1.47 bits per heavy atom. The first kappa shape index (κ1) is 19.5. The van der Waals surface area contributed by atoms with Crippen molar-refractivity contribution in [1.29, 1.82) is 0 Å². The van der Waals surface area contributed by atoms with Gasteiger partial charge in [-0.2, -0.15) is 0 Å². The number of carbonyl (C=O) groups excluding carboxylic acids is 1. The summed E-state index contributed by atoms with van der Waals surface area (Å²) in [7, 11) is 3.04. The Morgan fingerprint density at radius 1 is 0.800 bits per heavy atom. The van der Waals surface area contributed by atoms with Gasteiger partial charge in [0, 0.05) is 5.69 Å². The molecule has 0 radical (unpaired) electrons. The predicted molar refractivity (Wildman–Crippen MR) is 119 cm³/mol. The van der Waals surface area contributed by atoms with Crippen LogP contribution in [-0.4, -0.2) is 24.8 Å². The van der Waals surface area contributed by atoms with Gasteiger partial charge in [0.15, 0.2) is 0 Å². The first-order chi connectivity index (χ1) is 14.6. The minimum Gasteiger partial charge on any atom is -0.497 e. The molecule has 0 aliphatic carbocycles. The Kier molecular flexibility index (Phi) is 5.40. The van der Waals surface area contributed by atoms with Gasteiger partial charge >= 0.3 is 5.97 Å². The first-order valence-corrected chi connectivity index (χ1v) is 9.73. The molecular formula is C26H23NO3. The minimum atomic E-state index is -0.371. The number of hydrogen-bond donors (Lipinski definition) is 0. The molecule has 0 N–H and O–H groups in total. The molecule has 30 heavy (non-hydrogen) atoms. The third-order valence-corrected chi connectivity index (χ3v) is 5.13. The van der Waals surface area contributed by atoms with Crippen LogP contribution in [0.1, 0.15) is 15.9 Å². The normalized spacial score (nSPS) is 10.6. The Labute approximate surface area is 176 Å². The van der Waals surface area contributed by atoms with Crippen LogP contribution >= 0.6 is 0 Å². The molecule has 4 nitrogen and oxygen atoms in total. The molecule has 4 aromatic rings. The van der Waals surface area contributed by atoms with Gasteiger partial charge in [0.05, 0.1) is 31.2 Å². The number of aromatic nitrogens is 1. The number of hydrogen-bond acceptors (Lipinski definition) is 3. The van der Waals surface area contributed by atoms with Crippen molar-refractivity contribution in [2.75, 3.05) is 14.2 Å². The maximum atomic E-state index is 12.8. The van der Waals surface area contributed by atoms with E-state index in [9.17, 15) is 4.79 Å². The van der Waals surface area contributed by atoms with Gasteiger partial charge in [-0.05, 0) is 60.5 Å². The van der Waals surface area contributed by atoms with Crippen LogP contribution in [-0.2, 0) is 4.74 Å². The zero-order valence-electron chi connectivity index (χ0n) is 17.3. The van der Waals surface area contributed by atoms with Crippen LogP contribution in [0, 0.1) is 6.92 Å². The van der Waals surface area contributed by atoms with E-state index < -0.39 is 0 Å². The summed E-state index contributed by atoms with van der Waals surface area (Å²) < 4.78 is 12.5. The fourth-order valence-electron chi connectivity index (χ4n) is 3.59. The van der Waals surface area contributed by atoms with Gasteiger partial charge in [-0.1, -0.05) is 48.0 Å². The number of ether oxygens (including phenoxy) is 2. The molecule has 0 amide bonds. The lowest BCUT2D eigenvalue weighted by Crippen LogP contribution is -2.05. The van der Waals surface area contributed by atoms with Crippen molar-refractivity contribution in [2.45, 2.75) is 6.92 Å². The monoisotopic (exact) mass is 397 g/mol. The van der Waals surface area contributed by atoms with Crippen LogP contribution in [0.3, 0.4) is 0 Å². The molecule has 1 heterocycles. The Bertz CT molecular complexity index is 1160. The number of methoxy groups -OCH3 is 2. The van der Waals surface area contributed by atoms with Crippen LogP contribution in [0.15, 0.2) is 84.9 Å². The molecule has 0 aliphatic heterocycles. The standard InChI is InChI=1S/C26H23NO3/c1-18-9-13-21(14-10-18)27-24(19-7-5-4-6-8-19)17-23(26(28)30-3)25(27)20-11-15-22(29-2)16-12-20/h4-17H,1-3H3.